The highest BCUT2D eigenvalue weighted by atomic mass is 79.9. The van der Waals surface area contributed by atoms with Crippen LogP contribution in [0.15, 0.2) is 41.0 Å². The van der Waals surface area contributed by atoms with E-state index in [2.05, 4.69) is 26.2 Å². The fraction of sp³-hybridized carbons (Fsp3) is 0.214. The van der Waals surface area contributed by atoms with Crippen LogP contribution in [0.4, 0.5) is 4.39 Å². The molecule has 1 heterocycles. The van der Waals surface area contributed by atoms with Crippen molar-refractivity contribution in [2.45, 2.75) is 12.5 Å². The molecule has 2 aromatic rings. The van der Waals surface area contributed by atoms with Crippen LogP contribution in [0.2, 0.25) is 5.02 Å². The van der Waals surface area contributed by atoms with E-state index in [1.54, 1.807) is 12.3 Å². The number of hydrogen-bond donors (Lipinski definition) is 1. The summed E-state index contributed by atoms with van der Waals surface area (Å²) in [5.41, 5.74) is 1.79. The Balaban J connectivity index is 2.21. The van der Waals surface area contributed by atoms with Gasteiger partial charge < -0.3 is 5.32 Å². The lowest BCUT2D eigenvalue weighted by atomic mass is 10.0. The first kappa shape index (κ1) is 14.4. The lowest BCUT2D eigenvalue weighted by Crippen LogP contribution is -2.20. The third-order valence-corrected chi connectivity index (χ3v) is 3.50. The predicted molar refractivity (Wildman–Crippen MR) is 78.9 cm³/mol. The molecule has 5 heteroatoms. The number of likely N-dealkylation sites (N-methyl/N-ethyl adjacent to an activating group) is 1. The Kier molecular flexibility index (Phi) is 4.91. The van der Waals surface area contributed by atoms with Crippen LogP contribution in [0.5, 0.6) is 0 Å². The molecule has 2 rings (SSSR count). The van der Waals surface area contributed by atoms with Crippen LogP contribution >= 0.6 is 27.5 Å². The molecule has 0 aliphatic rings. The van der Waals surface area contributed by atoms with Crippen LogP contribution in [0.25, 0.3) is 0 Å². The highest BCUT2D eigenvalue weighted by molar-refractivity contribution is 9.10. The largest absolute Gasteiger partial charge is 0.311 e. The smallest absolute Gasteiger partial charge is 0.124 e. The van der Waals surface area contributed by atoms with Crippen molar-refractivity contribution in [2.24, 2.45) is 0 Å². The number of nitrogens with zero attached hydrogens (tertiary/aromatic N) is 1. The van der Waals surface area contributed by atoms with Crippen LogP contribution in [0, 0.1) is 5.82 Å². The molecule has 0 radical (unpaired) electrons. The molecule has 1 atom stereocenters. The Morgan fingerprint density at radius 2 is 2.16 bits per heavy atom. The molecule has 19 heavy (non-hydrogen) atoms. The van der Waals surface area contributed by atoms with Crippen LogP contribution in [0.3, 0.4) is 0 Å². The zero-order valence-electron chi connectivity index (χ0n) is 10.3. The minimum Gasteiger partial charge on any atom is -0.311 e. The monoisotopic (exact) mass is 342 g/mol. The molecule has 0 bridgehead atoms. The van der Waals surface area contributed by atoms with Gasteiger partial charge in [0.2, 0.25) is 0 Å². The first-order chi connectivity index (χ1) is 9.08. The summed E-state index contributed by atoms with van der Waals surface area (Å²) in [6, 6.07) is 8.58. The van der Waals surface area contributed by atoms with Crippen molar-refractivity contribution in [1.82, 2.24) is 10.3 Å². The predicted octanol–water partition coefficient (Wildman–Crippen LogP) is 4.14. The molecular formula is C14H13BrClFN2. The van der Waals surface area contributed by atoms with E-state index in [4.69, 9.17) is 11.6 Å². The molecule has 0 aliphatic heterocycles. The summed E-state index contributed by atoms with van der Waals surface area (Å²) in [6.07, 6.45) is 2.27. The first-order valence-corrected chi connectivity index (χ1v) is 6.99. The van der Waals surface area contributed by atoms with Gasteiger partial charge in [-0.1, -0.05) is 27.5 Å². The number of halogens is 3. The van der Waals surface area contributed by atoms with E-state index in [1.807, 2.05) is 19.2 Å². The van der Waals surface area contributed by atoms with Gasteiger partial charge in [-0.25, -0.2) is 4.39 Å². The topological polar surface area (TPSA) is 24.9 Å². The maximum absolute atomic E-state index is 13.4. The van der Waals surface area contributed by atoms with Gasteiger partial charge in [0, 0.05) is 10.7 Å². The Morgan fingerprint density at radius 1 is 1.37 bits per heavy atom. The Labute approximate surface area is 125 Å². The maximum atomic E-state index is 13.4. The minimum absolute atomic E-state index is 0.0194. The maximum Gasteiger partial charge on any atom is 0.124 e. The van der Waals surface area contributed by atoms with E-state index in [0.29, 0.717) is 11.4 Å². The zero-order chi connectivity index (χ0) is 13.8. The van der Waals surface area contributed by atoms with E-state index >= 15 is 0 Å². The number of pyridine rings is 1. The van der Waals surface area contributed by atoms with Crippen molar-refractivity contribution in [2.75, 3.05) is 7.05 Å². The van der Waals surface area contributed by atoms with Gasteiger partial charge in [0.1, 0.15) is 5.82 Å². The zero-order valence-corrected chi connectivity index (χ0v) is 12.7. The van der Waals surface area contributed by atoms with Gasteiger partial charge in [-0.2, -0.15) is 0 Å². The standard InChI is InChI=1S/C14H13BrClFN2/c1-18-14(13-3-2-11(16)8-19-13)6-9-4-10(15)7-12(17)5-9/h2-5,7-8,14,18H,6H2,1H3. The van der Waals surface area contributed by atoms with Crippen LogP contribution in [-0.4, -0.2) is 12.0 Å². The summed E-state index contributed by atoms with van der Waals surface area (Å²) < 4.78 is 14.1. The highest BCUT2D eigenvalue weighted by Gasteiger charge is 2.12. The molecule has 0 saturated carbocycles. The third kappa shape index (κ3) is 4.00. The van der Waals surface area contributed by atoms with Crippen molar-refractivity contribution in [1.29, 1.82) is 0 Å². The van der Waals surface area contributed by atoms with Crippen LogP contribution < -0.4 is 5.32 Å². The lowest BCUT2D eigenvalue weighted by Gasteiger charge is -2.16. The molecule has 1 N–H and O–H groups in total. The van der Waals surface area contributed by atoms with Crippen molar-refractivity contribution < 1.29 is 4.39 Å². The average molecular weight is 344 g/mol. The van der Waals surface area contributed by atoms with Gasteiger partial charge in [-0.15, -0.1) is 0 Å². The molecule has 0 saturated heterocycles. The van der Waals surface area contributed by atoms with Gasteiger partial charge in [0.05, 0.1) is 16.8 Å². The van der Waals surface area contributed by atoms with Gasteiger partial charge >= 0.3 is 0 Å². The minimum atomic E-state index is -0.247. The van der Waals surface area contributed by atoms with Crippen LogP contribution in [-0.2, 0) is 6.42 Å². The summed E-state index contributed by atoms with van der Waals surface area (Å²) in [4.78, 5) is 4.29. The Hall–Kier alpha value is -0.970. The Morgan fingerprint density at radius 3 is 2.74 bits per heavy atom. The second kappa shape index (κ2) is 6.46. The molecule has 1 unspecified atom stereocenters. The molecular weight excluding hydrogens is 331 g/mol. The summed E-state index contributed by atoms with van der Waals surface area (Å²) in [5, 5.41) is 3.79. The summed E-state index contributed by atoms with van der Waals surface area (Å²) in [5.74, 6) is -0.247. The fourth-order valence-electron chi connectivity index (χ4n) is 1.91. The SMILES string of the molecule is CNC(Cc1cc(F)cc(Br)c1)c1ccc(Cl)cn1. The van der Waals surface area contributed by atoms with Gasteiger partial charge in [0.25, 0.3) is 0 Å². The molecule has 0 aliphatic carbocycles. The fourth-order valence-corrected chi connectivity index (χ4v) is 2.54. The highest BCUT2D eigenvalue weighted by Crippen LogP contribution is 2.21. The number of hydrogen-bond acceptors (Lipinski definition) is 2. The first-order valence-electron chi connectivity index (χ1n) is 5.82. The lowest BCUT2D eigenvalue weighted by molar-refractivity contribution is 0.570. The molecule has 100 valence electrons. The summed E-state index contributed by atoms with van der Waals surface area (Å²) >= 11 is 9.12. The van der Waals surface area contributed by atoms with E-state index in [-0.39, 0.29) is 11.9 Å². The molecule has 1 aromatic heterocycles. The van der Waals surface area contributed by atoms with Gasteiger partial charge in [-0.05, 0) is 49.4 Å². The molecule has 0 fully saturated rings. The van der Waals surface area contributed by atoms with Crippen molar-refractivity contribution in [3.63, 3.8) is 0 Å². The number of benzene rings is 1. The normalized spacial score (nSPS) is 12.4. The van der Waals surface area contributed by atoms with Crippen LogP contribution in [0.1, 0.15) is 17.3 Å². The second-order valence-electron chi connectivity index (χ2n) is 4.22. The van der Waals surface area contributed by atoms with E-state index in [9.17, 15) is 4.39 Å². The number of nitrogens with one attached hydrogen (secondary N) is 1. The van der Waals surface area contributed by atoms with E-state index < -0.39 is 0 Å². The van der Waals surface area contributed by atoms with Gasteiger partial charge in [-0.3, -0.25) is 4.98 Å². The average Bonchev–Trinajstić information content (AvgIpc) is 2.36. The van der Waals surface area contributed by atoms with Crippen molar-refractivity contribution >= 4 is 27.5 Å². The van der Waals surface area contributed by atoms with Crippen molar-refractivity contribution in [3.05, 3.63) is 63.1 Å². The molecule has 0 amide bonds. The quantitative estimate of drug-likeness (QED) is 0.902. The van der Waals surface area contributed by atoms with Gasteiger partial charge in [0.15, 0.2) is 0 Å². The third-order valence-electron chi connectivity index (χ3n) is 2.82. The molecule has 2 nitrogen and oxygen atoms in total. The Bertz CT molecular complexity index is 540. The van der Waals surface area contributed by atoms with Crippen molar-refractivity contribution in [3.8, 4) is 0 Å². The number of aromatic nitrogens is 1. The number of rotatable bonds is 4. The summed E-state index contributed by atoms with van der Waals surface area (Å²) in [6.45, 7) is 0. The molecule has 0 spiro atoms. The summed E-state index contributed by atoms with van der Waals surface area (Å²) in [7, 11) is 1.86. The second-order valence-corrected chi connectivity index (χ2v) is 5.58. The molecule has 1 aromatic carbocycles. The van der Waals surface area contributed by atoms with E-state index in [1.165, 1.54) is 12.1 Å². The van der Waals surface area contributed by atoms with E-state index in [0.717, 1.165) is 15.7 Å².